The lowest BCUT2D eigenvalue weighted by Crippen LogP contribution is -2.35. The van der Waals surface area contributed by atoms with E-state index in [4.69, 9.17) is 5.73 Å². The second-order valence-corrected chi connectivity index (χ2v) is 3.96. The van der Waals surface area contributed by atoms with Gasteiger partial charge in [-0.2, -0.15) is 0 Å². The summed E-state index contributed by atoms with van der Waals surface area (Å²) in [4.78, 5) is 11.5. The Labute approximate surface area is 89.3 Å². The fourth-order valence-electron chi connectivity index (χ4n) is 1.43. The Balaban J connectivity index is 2.71. The van der Waals surface area contributed by atoms with Crippen LogP contribution in [0.25, 0.3) is 0 Å². The van der Waals surface area contributed by atoms with Crippen molar-refractivity contribution in [3.8, 4) is 0 Å². The quantitative estimate of drug-likeness (QED) is 0.823. The first-order valence-electron chi connectivity index (χ1n) is 5.05. The molecule has 0 radical (unpaired) electrons. The van der Waals surface area contributed by atoms with Crippen molar-refractivity contribution in [1.82, 2.24) is 0 Å². The molecule has 15 heavy (non-hydrogen) atoms. The summed E-state index contributed by atoms with van der Waals surface area (Å²) in [5, 5.41) is 0. The molecule has 1 rings (SSSR count). The highest BCUT2D eigenvalue weighted by Gasteiger charge is 2.18. The molecule has 82 valence electrons. The van der Waals surface area contributed by atoms with Crippen molar-refractivity contribution < 1.29 is 9.18 Å². The van der Waals surface area contributed by atoms with Crippen LogP contribution in [0.3, 0.4) is 0 Å². The van der Waals surface area contributed by atoms with Crippen molar-refractivity contribution >= 4 is 5.78 Å². The summed E-state index contributed by atoms with van der Waals surface area (Å²) < 4.78 is 13.2. The number of benzene rings is 1. The highest BCUT2D eigenvalue weighted by Crippen LogP contribution is 2.10. The van der Waals surface area contributed by atoms with Gasteiger partial charge in [0.1, 0.15) is 5.82 Å². The first-order chi connectivity index (χ1) is 7.02. The Morgan fingerprint density at radius 3 is 2.53 bits per heavy atom. The highest BCUT2D eigenvalue weighted by molar-refractivity contribution is 5.85. The number of rotatable bonds is 4. The molecule has 0 spiro atoms. The van der Waals surface area contributed by atoms with Crippen LogP contribution in [-0.2, 0) is 11.2 Å². The zero-order valence-electron chi connectivity index (χ0n) is 9.03. The van der Waals surface area contributed by atoms with Gasteiger partial charge in [0, 0.05) is 5.92 Å². The molecule has 0 fully saturated rings. The topological polar surface area (TPSA) is 43.1 Å². The van der Waals surface area contributed by atoms with Crippen molar-refractivity contribution in [2.75, 3.05) is 0 Å². The van der Waals surface area contributed by atoms with E-state index in [2.05, 4.69) is 0 Å². The average molecular weight is 209 g/mol. The average Bonchev–Trinajstić information content (AvgIpc) is 2.20. The monoisotopic (exact) mass is 209 g/mol. The van der Waals surface area contributed by atoms with Crippen molar-refractivity contribution in [1.29, 1.82) is 0 Å². The molecule has 0 aromatic heterocycles. The predicted molar refractivity (Wildman–Crippen MR) is 57.9 cm³/mol. The second-order valence-electron chi connectivity index (χ2n) is 3.96. The molecule has 0 heterocycles. The summed E-state index contributed by atoms with van der Waals surface area (Å²) in [5.74, 6) is -0.436. The van der Waals surface area contributed by atoms with Gasteiger partial charge < -0.3 is 5.73 Å². The molecule has 0 bridgehead atoms. The number of halogens is 1. The van der Waals surface area contributed by atoms with Gasteiger partial charge in [0.25, 0.3) is 0 Å². The minimum Gasteiger partial charge on any atom is -0.321 e. The number of hydrogen-bond acceptors (Lipinski definition) is 2. The van der Waals surface area contributed by atoms with E-state index in [0.717, 1.165) is 0 Å². The number of nitrogens with two attached hydrogens (primary N) is 1. The highest BCUT2D eigenvalue weighted by atomic mass is 19.1. The Kier molecular flexibility index (Phi) is 3.97. The lowest BCUT2D eigenvalue weighted by molar-refractivity contribution is -0.123. The lowest BCUT2D eigenvalue weighted by Gasteiger charge is -2.13. The van der Waals surface area contributed by atoms with Gasteiger partial charge in [-0.25, -0.2) is 4.39 Å². The van der Waals surface area contributed by atoms with Gasteiger partial charge in [-0.1, -0.05) is 32.0 Å². The first-order valence-corrected chi connectivity index (χ1v) is 5.05. The van der Waals surface area contributed by atoms with E-state index in [0.29, 0.717) is 5.56 Å². The first kappa shape index (κ1) is 11.9. The summed E-state index contributed by atoms with van der Waals surface area (Å²) in [7, 11) is 0. The molecule has 0 aliphatic heterocycles. The molecule has 0 saturated carbocycles. The van der Waals surface area contributed by atoms with Gasteiger partial charge in [-0.05, 0) is 18.1 Å². The molecule has 0 aliphatic rings. The normalized spacial score (nSPS) is 12.9. The molecule has 2 N–H and O–H groups in total. The maximum absolute atomic E-state index is 13.2. The molecule has 0 amide bonds. The van der Waals surface area contributed by atoms with Crippen LogP contribution in [0.15, 0.2) is 24.3 Å². The standard InChI is InChI=1S/C12H16FNO/c1-8(2)12(15)11(14)7-9-5-3-4-6-10(9)13/h3-6,8,11H,7,14H2,1-2H3. The zero-order chi connectivity index (χ0) is 11.4. The second kappa shape index (κ2) is 5.03. The van der Waals surface area contributed by atoms with Crippen LogP contribution >= 0.6 is 0 Å². The van der Waals surface area contributed by atoms with Crippen LogP contribution in [0, 0.1) is 11.7 Å². The Bertz CT molecular complexity index is 349. The molecular formula is C12H16FNO. The van der Waals surface area contributed by atoms with E-state index in [-0.39, 0.29) is 23.9 Å². The third-order valence-electron chi connectivity index (χ3n) is 2.33. The van der Waals surface area contributed by atoms with Gasteiger partial charge in [0.05, 0.1) is 6.04 Å². The van der Waals surface area contributed by atoms with Crippen LogP contribution in [0.5, 0.6) is 0 Å². The number of Topliss-reactive ketones (excluding diaryl/α,β-unsaturated/α-hetero) is 1. The van der Waals surface area contributed by atoms with Gasteiger partial charge >= 0.3 is 0 Å². The Morgan fingerprint density at radius 2 is 2.00 bits per heavy atom. The molecule has 1 unspecified atom stereocenters. The number of carbonyl (C=O) groups excluding carboxylic acids is 1. The summed E-state index contributed by atoms with van der Waals surface area (Å²) in [5.41, 5.74) is 6.20. The van der Waals surface area contributed by atoms with Crippen molar-refractivity contribution in [3.63, 3.8) is 0 Å². The number of hydrogen-bond donors (Lipinski definition) is 1. The summed E-state index contributed by atoms with van der Waals surface area (Å²) in [6, 6.07) is 5.78. The van der Waals surface area contributed by atoms with E-state index in [1.54, 1.807) is 32.0 Å². The zero-order valence-corrected chi connectivity index (χ0v) is 9.03. The Morgan fingerprint density at radius 1 is 1.40 bits per heavy atom. The maximum atomic E-state index is 13.2. The maximum Gasteiger partial charge on any atom is 0.152 e. The van der Waals surface area contributed by atoms with Crippen LogP contribution < -0.4 is 5.73 Å². The summed E-state index contributed by atoms with van der Waals surface area (Å²) in [6.07, 6.45) is 0.268. The van der Waals surface area contributed by atoms with Crippen LogP contribution in [0.4, 0.5) is 4.39 Å². The largest absolute Gasteiger partial charge is 0.321 e. The van der Waals surface area contributed by atoms with Gasteiger partial charge in [-0.15, -0.1) is 0 Å². The smallest absolute Gasteiger partial charge is 0.152 e. The van der Waals surface area contributed by atoms with E-state index in [9.17, 15) is 9.18 Å². The predicted octanol–water partition coefficient (Wildman–Crippen LogP) is 1.92. The fraction of sp³-hybridized carbons (Fsp3) is 0.417. The molecule has 0 aliphatic carbocycles. The number of carbonyl (C=O) groups is 1. The van der Waals surface area contributed by atoms with E-state index < -0.39 is 6.04 Å². The Hall–Kier alpha value is -1.22. The molecule has 3 heteroatoms. The van der Waals surface area contributed by atoms with E-state index >= 15 is 0 Å². The van der Waals surface area contributed by atoms with Crippen LogP contribution in [0.2, 0.25) is 0 Å². The van der Waals surface area contributed by atoms with E-state index in [1.807, 2.05) is 0 Å². The SMILES string of the molecule is CC(C)C(=O)C(N)Cc1ccccc1F. The summed E-state index contributed by atoms with van der Waals surface area (Å²) in [6.45, 7) is 3.59. The van der Waals surface area contributed by atoms with Crippen molar-refractivity contribution in [2.45, 2.75) is 26.3 Å². The van der Waals surface area contributed by atoms with Gasteiger partial charge in [0.2, 0.25) is 0 Å². The molecule has 0 saturated heterocycles. The van der Waals surface area contributed by atoms with Gasteiger partial charge in [-0.3, -0.25) is 4.79 Å². The molecule has 1 aromatic rings. The fourth-order valence-corrected chi connectivity index (χ4v) is 1.43. The molecule has 1 atom stereocenters. The minimum atomic E-state index is -0.609. The van der Waals surface area contributed by atoms with E-state index in [1.165, 1.54) is 6.07 Å². The summed E-state index contributed by atoms with van der Waals surface area (Å²) >= 11 is 0. The van der Waals surface area contributed by atoms with Gasteiger partial charge in [0.15, 0.2) is 5.78 Å². The molecular weight excluding hydrogens is 193 g/mol. The minimum absolute atomic E-state index is 0.0294. The van der Waals surface area contributed by atoms with Crippen molar-refractivity contribution in [2.24, 2.45) is 11.7 Å². The lowest BCUT2D eigenvalue weighted by atomic mass is 9.96. The number of ketones is 1. The van der Waals surface area contributed by atoms with Crippen LogP contribution in [-0.4, -0.2) is 11.8 Å². The third kappa shape index (κ3) is 3.13. The van der Waals surface area contributed by atoms with Crippen LogP contribution in [0.1, 0.15) is 19.4 Å². The van der Waals surface area contributed by atoms with Crippen molar-refractivity contribution in [3.05, 3.63) is 35.6 Å². The third-order valence-corrected chi connectivity index (χ3v) is 2.33. The molecule has 1 aromatic carbocycles. The molecule has 2 nitrogen and oxygen atoms in total.